The van der Waals surface area contributed by atoms with E-state index in [0.717, 1.165) is 74.5 Å². The summed E-state index contributed by atoms with van der Waals surface area (Å²) in [6.07, 6.45) is 7.35. The van der Waals surface area contributed by atoms with Crippen molar-refractivity contribution in [2.45, 2.75) is 76.6 Å². The summed E-state index contributed by atoms with van der Waals surface area (Å²) >= 11 is 0. The van der Waals surface area contributed by atoms with Gasteiger partial charge in [-0.3, -0.25) is 9.00 Å². The molecule has 0 heterocycles. The van der Waals surface area contributed by atoms with E-state index < -0.39 is 10.8 Å². The van der Waals surface area contributed by atoms with E-state index in [1.165, 1.54) is 0 Å². The van der Waals surface area contributed by atoms with Crippen molar-refractivity contribution in [3.05, 3.63) is 29.8 Å². The maximum atomic E-state index is 12.2. The van der Waals surface area contributed by atoms with Crippen LogP contribution in [0.25, 0.3) is 0 Å². The number of hydrogen-bond acceptors (Lipinski definition) is 3. The van der Waals surface area contributed by atoms with Crippen LogP contribution in [0.15, 0.2) is 29.3 Å². The van der Waals surface area contributed by atoms with Gasteiger partial charge in [0.2, 0.25) is 5.91 Å². The smallest absolute Gasteiger partial charge is 0.227 e. The zero-order chi connectivity index (χ0) is 21.3. The van der Waals surface area contributed by atoms with Crippen LogP contribution in [0.2, 0.25) is 0 Å². The number of aliphatic imine (C=N–C) groups is 1. The lowest BCUT2D eigenvalue weighted by Gasteiger charge is -2.30. The molecule has 0 aliphatic heterocycles. The first-order chi connectivity index (χ1) is 14.6. The summed E-state index contributed by atoms with van der Waals surface area (Å²) in [5.41, 5.74) is 1.90. The molecule has 0 radical (unpaired) electrons. The molecule has 8 heteroatoms. The van der Waals surface area contributed by atoms with Crippen LogP contribution in [0.1, 0.15) is 64.4 Å². The van der Waals surface area contributed by atoms with Crippen molar-refractivity contribution < 1.29 is 9.00 Å². The number of rotatable bonds is 8. The number of carbonyl (C=O) groups is 1. The van der Waals surface area contributed by atoms with E-state index in [-0.39, 0.29) is 35.8 Å². The van der Waals surface area contributed by atoms with Crippen LogP contribution in [0, 0.1) is 5.92 Å². The Morgan fingerprint density at radius 2 is 1.94 bits per heavy atom. The fourth-order valence-corrected chi connectivity index (χ4v) is 5.44. The van der Waals surface area contributed by atoms with Gasteiger partial charge in [0.05, 0.1) is 6.54 Å². The van der Waals surface area contributed by atoms with Gasteiger partial charge in [-0.25, -0.2) is 4.99 Å². The second kappa shape index (κ2) is 13.4. The molecule has 31 heavy (non-hydrogen) atoms. The average Bonchev–Trinajstić information content (AvgIpc) is 2.71. The quantitative estimate of drug-likeness (QED) is 0.253. The molecule has 1 amide bonds. The van der Waals surface area contributed by atoms with Crippen molar-refractivity contribution in [3.8, 4) is 0 Å². The molecule has 2 saturated carbocycles. The molecule has 3 atom stereocenters. The van der Waals surface area contributed by atoms with Gasteiger partial charge >= 0.3 is 0 Å². The highest BCUT2D eigenvalue weighted by atomic mass is 127. The molecule has 1 aromatic rings. The maximum absolute atomic E-state index is 12.2. The Hall–Kier alpha value is -1.16. The minimum atomic E-state index is -0.729. The van der Waals surface area contributed by atoms with Crippen LogP contribution in [0.5, 0.6) is 0 Å². The topological polar surface area (TPSA) is 82.6 Å². The second-order valence-corrected chi connectivity index (χ2v) is 10.3. The third-order valence-electron chi connectivity index (χ3n) is 6.06. The van der Waals surface area contributed by atoms with Crippen molar-refractivity contribution in [1.82, 2.24) is 10.6 Å². The summed E-state index contributed by atoms with van der Waals surface area (Å²) in [7, 11) is -0.729. The molecule has 2 aliphatic rings. The van der Waals surface area contributed by atoms with Gasteiger partial charge in [0.1, 0.15) is 0 Å². The van der Waals surface area contributed by atoms with Gasteiger partial charge in [0.25, 0.3) is 0 Å². The van der Waals surface area contributed by atoms with Gasteiger partial charge in [-0.15, -0.1) is 24.0 Å². The third-order valence-corrected chi connectivity index (χ3v) is 7.80. The molecule has 3 rings (SSSR count). The van der Waals surface area contributed by atoms with Crippen LogP contribution in [-0.4, -0.2) is 39.7 Å². The monoisotopic (exact) mass is 560 g/mol. The number of carbonyl (C=O) groups excluding carboxylic acids is 1. The van der Waals surface area contributed by atoms with E-state index in [9.17, 15) is 9.00 Å². The number of nitrogens with one attached hydrogen (secondary N) is 3. The Morgan fingerprint density at radius 1 is 1.16 bits per heavy atom. The Kier molecular flexibility index (Phi) is 11.3. The summed E-state index contributed by atoms with van der Waals surface area (Å²) in [4.78, 5) is 17.0. The first-order valence-electron chi connectivity index (χ1n) is 11.4. The van der Waals surface area contributed by atoms with E-state index in [1.807, 2.05) is 31.2 Å². The van der Waals surface area contributed by atoms with Gasteiger partial charge in [-0.2, -0.15) is 0 Å². The minimum Gasteiger partial charge on any atom is -0.357 e. The number of halogens is 1. The molecular formula is C23H37IN4O2S. The molecule has 1 aromatic carbocycles. The molecule has 2 aliphatic carbocycles. The molecule has 2 fully saturated rings. The van der Waals surface area contributed by atoms with Gasteiger partial charge in [-0.1, -0.05) is 31.9 Å². The lowest BCUT2D eigenvalue weighted by atomic mass is 9.85. The molecule has 174 valence electrons. The Bertz CT molecular complexity index is 770. The number of hydrogen-bond donors (Lipinski definition) is 3. The number of benzene rings is 1. The van der Waals surface area contributed by atoms with E-state index in [4.69, 9.17) is 4.99 Å². The Morgan fingerprint density at radius 3 is 2.61 bits per heavy atom. The molecule has 0 aromatic heterocycles. The first kappa shape index (κ1) is 26.1. The zero-order valence-electron chi connectivity index (χ0n) is 18.7. The van der Waals surface area contributed by atoms with E-state index in [0.29, 0.717) is 17.8 Å². The van der Waals surface area contributed by atoms with Crippen LogP contribution in [0.3, 0.4) is 0 Å². The Labute approximate surface area is 206 Å². The van der Waals surface area contributed by atoms with Crippen molar-refractivity contribution >= 4 is 52.3 Å². The minimum absolute atomic E-state index is 0. The SMILES string of the molecule is CCNC(=NCc1cccc(NC(=O)C2CCC2)c1)NC1CCCC(S(=O)CC)C1.I. The van der Waals surface area contributed by atoms with Gasteiger partial charge in [-0.05, 0) is 56.7 Å². The highest BCUT2D eigenvalue weighted by molar-refractivity contribution is 14.0. The molecule has 0 spiro atoms. The van der Waals surface area contributed by atoms with Crippen LogP contribution in [0.4, 0.5) is 5.69 Å². The molecule has 0 saturated heterocycles. The van der Waals surface area contributed by atoms with Gasteiger partial charge < -0.3 is 16.0 Å². The van der Waals surface area contributed by atoms with Crippen molar-refractivity contribution in [2.24, 2.45) is 10.9 Å². The van der Waals surface area contributed by atoms with Crippen molar-refractivity contribution in [2.75, 3.05) is 17.6 Å². The summed E-state index contributed by atoms with van der Waals surface area (Å²) < 4.78 is 12.2. The number of anilines is 1. The lowest BCUT2D eigenvalue weighted by Crippen LogP contribution is -2.46. The highest BCUT2D eigenvalue weighted by Gasteiger charge is 2.26. The van der Waals surface area contributed by atoms with Gasteiger partial charge in [0, 0.05) is 46.0 Å². The predicted molar refractivity (Wildman–Crippen MR) is 141 cm³/mol. The normalized spacial score (nSPS) is 22.6. The molecule has 0 bridgehead atoms. The van der Waals surface area contributed by atoms with Crippen LogP contribution < -0.4 is 16.0 Å². The number of amides is 1. The molecule has 6 nitrogen and oxygen atoms in total. The van der Waals surface area contributed by atoms with E-state index in [2.05, 4.69) is 22.9 Å². The fourth-order valence-electron chi connectivity index (χ4n) is 4.10. The highest BCUT2D eigenvalue weighted by Crippen LogP contribution is 2.27. The predicted octanol–water partition coefficient (Wildman–Crippen LogP) is 4.18. The summed E-state index contributed by atoms with van der Waals surface area (Å²) in [5.74, 6) is 1.85. The average molecular weight is 561 g/mol. The fraction of sp³-hybridized carbons (Fsp3) is 0.652. The summed E-state index contributed by atoms with van der Waals surface area (Å²) in [6, 6.07) is 8.25. The largest absolute Gasteiger partial charge is 0.357 e. The molecule has 3 N–H and O–H groups in total. The third kappa shape index (κ3) is 8.04. The van der Waals surface area contributed by atoms with Crippen LogP contribution >= 0.6 is 24.0 Å². The number of nitrogens with zero attached hydrogens (tertiary/aromatic N) is 1. The number of guanidine groups is 1. The summed E-state index contributed by atoms with van der Waals surface area (Å²) in [5, 5.41) is 10.2. The van der Waals surface area contributed by atoms with Crippen molar-refractivity contribution in [3.63, 3.8) is 0 Å². The summed E-state index contributed by atoms with van der Waals surface area (Å²) in [6.45, 7) is 5.39. The maximum Gasteiger partial charge on any atom is 0.227 e. The van der Waals surface area contributed by atoms with E-state index >= 15 is 0 Å². The Balaban J connectivity index is 0.00000341. The van der Waals surface area contributed by atoms with E-state index in [1.54, 1.807) is 0 Å². The lowest BCUT2D eigenvalue weighted by molar-refractivity contribution is -0.122. The van der Waals surface area contributed by atoms with Crippen molar-refractivity contribution in [1.29, 1.82) is 0 Å². The van der Waals surface area contributed by atoms with Crippen LogP contribution in [-0.2, 0) is 22.1 Å². The molecule has 3 unspecified atom stereocenters. The second-order valence-electron chi connectivity index (χ2n) is 8.31. The molecular weight excluding hydrogens is 523 g/mol. The standard InChI is InChI=1S/C23H36N4O2S.HI/c1-3-24-23(27-20-12-7-13-21(15-20)30(29)4-2)25-16-17-8-5-11-19(14-17)26-22(28)18-9-6-10-18;/h5,8,11,14,18,20-21H,3-4,6-7,9-10,12-13,15-16H2,1-2H3,(H,26,28)(H2,24,25,27);1H. The zero-order valence-corrected chi connectivity index (χ0v) is 21.8. The van der Waals surface area contributed by atoms with Gasteiger partial charge in [0.15, 0.2) is 5.96 Å². The first-order valence-corrected chi connectivity index (χ1v) is 12.8.